The van der Waals surface area contributed by atoms with Gasteiger partial charge in [0.2, 0.25) is 5.91 Å². The molecule has 0 aromatic carbocycles. The Morgan fingerprint density at radius 3 is 2.87 bits per heavy atom. The van der Waals surface area contributed by atoms with Gasteiger partial charge in [0.05, 0.1) is 0 Å². The maximum absolute atomic E-state index is 11.3. The Hall–Kier alpha value is -0.940. The molecule has 3 N–H and O–H groups in total. The van der Waals surface area contributed by atoms with Gasteiger partial charge in [-0.3, -0.25) is 15.1 Å². The Balaban J connectivity index is 2.18. The van der Waals surface area contributed by atoms with Crippen LogP contribution >= 0.6 is 15.9 Å². The van der Waals surface area contributed by atoms with Crippen molar-refractivity contribution in [2.75, 3.05) is 0 Å². The summed E-state index contributed by atoms with van der Waals surface area (Å²) in [5, 5.41) is 3.20. The van der Waals surface area contributed by atoms with Gasteiger partial charge in [0.15, 0.2) is 0 Å². The zero-order chi connectivity index (χ0) is 10.8. The van der Waals surface area contributed by atoms with Crippen molar-refractivity contribution in [2.24, 2.45) is 5.73 Å². The second kappa shape index (κ2) is 4.28. The average Bonchev–Trinajstić information content (AvgIpc) is 2.97. The number of rotatable bonds is 4. The Morgan fingerprint density at radius 2 is 2.33 bits per heavy atom. The molecule has 1 aromatic rings. The van der Waals surface area contributed by atoms with Crippen LogP contribution in [0.4, 0.5) is 0 Å². The summed E-state index contributed by atoms with van der Waals surface area (Å²) in [5.74, 6) is -0.359. The van der Waals surface area contributed by atoms with E-state index in [1.807, 2.05) is 6.07 Å². The zero-order valence-electron chi connectivity index (χ0n) is 8.11. The van der Waals surface area contributed by atoms with Gasteiger partial charge >= 0.3 is 0 Å². The number of nitrogens with two attached hydrogens (primary N) is 1. The topological polar surface area (TPSA) is 68.0 Å². The molecular formula is C10H12BrN3O. The Kier molecular flexibility index (Phi) is 3.02. The third-order valence-electron chi connectivity index (χ3n) is 2.32. The van der Waals surface area contributed by atoms with E-state index in [4.69, 9.17) is 5.73 Å². The predicted molar refractivity (Wildman–Crippen MR) is 60.0 cm³/mol. The van der Waals surface area contributed by atoms with Crippen LogP contribution in [0.15, 0.2) is 22.9 Å². The molecule has 1 amide bonds. The van der Waals surface area contributed by atoms with E-state index in [0.717, 1.165) is 22.9 Å². The Labute approximate surface area is 96.4 Å². The second-order valence-corrected chi connectivity index (χ2v) is 4.63. The molecule has 1 unspecified atom stereocenters. The molecule has 0 radical (unpaired) electrons. The highest BCUT2D eigenvalue weighted by atomic mass is 79.9. The first-order chi connectivity index (χ1) is 7.16. The predicted octanol–water partition coefficient (Wildman–Crippen LogP) is 1.12. The molecule has 1 fully saturated rings. The van der Waals surface area contributed by atoms with E-state index in [1.54, 1.807) is 12.4 Å². The molecule has 0 bridgehead atoms. The molecule has 80 valence electrons. The molecule has 1 aliphatic carbocycles. The van der Waals surface area contributed by atoms with Gasteiger partial charge in [-0.1, -0.05) is 0 Å². The van der Waals surface area contributed by atoms with Crippen LogP contribution in [0.5, 0.6) is 0 Å². The van der Waals surface area contributed by atoms with Crippen LogP contribution in [0.2, 0.25) is 0 Å². The number of halogens is 1. The summed E-state index contributed by atoms with van der Waals surface area (Å²) in [6.07, 6.45) is 5.57. The number of hydrogen-bond acceptors (Lipinski definition) is 3. The smallest absolute Gasteiger partial charge is 0.239 e. The molecule has 0 spiro atoms. The van der Waals surface area contributed by atoms with Crippen LogP contribution < -0.4 is 11.1 Å². The first kappa shape index (κ1) is 10.6. The monoisotopic (exact) mass is 269 g/mol. The van der Waals surface area contributed by atoms with Crippen molar-refractivity contribution in [3.05, 3.63) is 28.5 Å². The van der Waals surface area contributed by atoms with E-state index in [0.29, 0.717) is 6.04 Å². The minimum absolute atomic E-state index is 0.359. The Bertz CT molecular complexity index is 379. The molecule has 1 aromatic heterocycles. The van der Waals surface area contributed by atoms with Gasteiger partial charge in [0, 0.05) is 22.9 Å². The highest BCUT2D eigenvalue weighted by molar-refractivity contribution is 9.10. The number of hydrogen-bond donors (Lipinski definition) is 2. The fourth-order valence-corrected chi connectivity index (χ4v) is 1.80. The highest BCUT2D eigenvalue weighted by Crippen LogP contribution is 2.24. The standard InChI is InChI=1S/C10H12BrN3O/c11-7-3-6(4-13-5-7)9(10(12)15)14-8-1-2-8/h3-5,8-9,14H,1-2H2,(H2,12,15). The third kappa shape index (κ3) is 2.76. The Morgan fingerprint density at radius 1 is 1.60 bits per heavy atom. The van der Waals surface area contributed by atoms with Crippen molar-refractivity contribution in [3.63, 3.8) is 0 Å². The minimum Gasteiger partial charge on any atom is -0.368 e. The quantitative estimate of drug-likeness (QED) is 0.861. The molecule has 1 aliphatic rings. The van der Waals surface area contributed by atoms with Gasteiger partial charge in [-0.05, 0) is 40.4 Å². The summed E-state index contributed by atoms with van der Waals surface area (Å²) in [6, 6.07) is 1.86. The summed E-state index contributed by atoms with van der Waals surface area (Å²) in [4.78, 5) is 15.3. The van der Waals surface area contributed by atoms with Crippen LogP contribution in [0, 0.1) is 0 Å². The van der Waals surface area contributed by atoms with Crippen LogP contribution in [-0.4, -0.2) is 16.9 Å². The van der Waals surface area contributed by atoms with E-state index in [2.05, 4.69) is 26.2 Å². The average molecular weight is 270 g/mol. The van der Waals surface area contributed by atoms with E-state index >= 15 is 0 Å². The number of carbonyl (C=O) groups excluding carboxylic acids is 1. The van der Waals surface area contributed by atoms with Crippen LogP contribution in [0.1, 0.15) is 24.4 Å². The summed E-state index contributed by atoms with van der Waals surface area (Å²) in [7, 11) is 0. The zero-order valence-corrected chi connectivity index (χ0v) is 9.70. The lowest BCUT2D eigenvalue weighted by Crippen LogP contribution is -2.34. The molecule has 4 nitrogen and oxygen atoms in total. The van der Waals surface area contributed by atoms with Crippen molar-refractivity contribution in [1.82, 2.24) is 10.3 Å². The molecule has 1 heterocycles. The van der Waals surface area contributed by atoms with E-state index in [-0.39, 0.29) is 5.91 Å². The van der Waals surface area contributed by atoms with Gasteiger partial charge in [0.1, 0.15) is 6.04 Å². The molecule has 5 heteroatoms. The number of pyridine rings is 1. The number of aromatic nitrogens is 1. The fourth-order valence-electron chi connectivity index (χ4n) is 1.41. The molecule has 1 saturated carbocycles. The maximum atomic E-state index is 11.3. The molecular weight excluding hydrogens is 258 g/mol. The molecule has 1 atom stereocenters. The van der Waals surface area contributed by atoms with Crippen molar-refractivity contribution in [1.29, 1.82) is 0 Å². The van der Waals surface area contributed by atoms with Crippen molar-refractivity contribution in [2.45, 2.75) is 24.9 Å². The number of primary amides is 1. The number of carbonyl (C=O) groups is 1. The van der Waals surface area contributed by atoms with E-state index in [1.165, 1.54) is 0 Å². The first-order valence-electron chi connectivity index (χ1n) is 4.82. The highest BCUT2D eigenvalue weighted by Gasteiger charge is 2.28. The third-order valence-corrected chi connectivity index (χ3v) is 2.76. The number of nitrogens with zero attached hydrogens (tertiary/aromatic N) is 1. The van der Waals surface area contributed by atoms with Gasteiger partial charge in [0.25, 0.3) is 0 Å². The summed E-state index contributed by atoms with van der Waals surface area (Å²) < 4.78 is 0.851. The van der Waals surface area contributed by atoms with Gasteiger partial charge in [-0.2, -0.15) is 0 Å². The number of nitrogens with one attached hydrogen (secondary N) is 1. The molecule has 2 rings (SSSR count). The van der Waals surface area contributed by atoms with Gasteiger partial charge in [-0.15, -0.1) is 0 Å². The summed E-state index contributed by atoms with van der Waals surface area (Å²) in [5.41, 5.74) is 6.16. The molecule has 0 aliphatic heterocycles. The van der Waals surface area contributed by atoms with Crippen LogP contribution in [0.25, 0.3) is 0 Å². The minimum atomic E-state index is -0.428. The van der Waals surface area contributed by atoms with E-state index in [9.17, 15) is 4.79 Å². The van der Waals surface area contributed by atoms with Crippen LogP contribution in [-0.2, 0) is 4.79 Å². The lowest BCUT2D eigenvalue weighted by molar-refractivity contribution is -0.120. The maximum Gasteiger partial charge on any atom is 0.239 e. The van der Waals surface area contributed by atoms with Gasteiger partial charge < -0.3 is 5.73 Å². The SMILES string of the molecule is NC(=O)C(NC1CC1)c1cncc(Br)c1. The molecule has 15 heavy (non-hydrogen) atoms. The largest absolute Gasteiger partial charge is 0.368 e. The van der Waals surface area contributed by atoms with Crippen molar-refractivity contribution >= 4 is 21.8 Å². The lowest BCUT2D eigenvalue weighted by atomic mass is 10.1. The first-order valence-corrected chi connectivity index (χ1v) is 5.62. The van der Waals surface area contributed by atoms with Crippen molar-refractivity contribution < 1.29 is 4.79 Å². The van der Waals surface area contributed by atoms with Crippen LogP contribution in [0.3, 0.4) is 0 Å². The summed E-state index contributed by atoms with van der Waals surface area (Å²) >= 11 is 3.32. The fraction of sp³-hybridized carbons (Fsp3) is 0.400. The van der Waals surface area contributed by atoms with Gasteiger partial charge in [-0.25, -0.2) is 0 Å². The van der Waals surface area contributed by atoms with E-state index < -0.39 is 6.04 Å². The number of amides is 1. The molecule has 0 saturated heterocycles. The van der Waals surface area contributed by atoms with Crippen molar-refractivity contribution in [3.8, 4) is 0 Å². The second-order valence-electron chi connectivity index (χ2n) is 3.71. The summed E-state index contributed by atoms with van der Waals surface area (Å²) in [6.45, 7) is 0. The lowest BCUT2D eigenvalue weighted by Gasteiger charge is -2.14. The normalized spacial score (nSPS) is 17.4.